The summed E-state index contributed by atoms with van der Waals surface area (Å²) in [4.78, 5) is 19.2. The largest absolute Gasteiger partial charge is 0.302 e. The van der Waals surface area contributed by atoms with Crippen LogP contribution in [0.15, 0.2) is 48.7 Å². The topological polar surface area (TPSA) is 33.2 Å². The molecule has 0 N–H and O–H groups in total. The highest BCUT2D eigenvalue weighted by molar-refractivity contribution is 14.1. The Labute approximate surface area is 142 Å². The van der Waals surface area contributed by atoms with Crippen LogP contribution in [0.2, 0.25) is 0 Å². The standard InChI is InChI=1S/C18H13IN2O/c1-11-8-14(19)9-13-10-21(18(22)16(11)13)15-6-2-4-12-5-3-7-20-17(12)15/h2-9H,10H2,1H3. The van der Waals surface area contributed by atoms with Gasteiger partial charge in [0, 0.05) is 20.7 Å². The van der Waals surface area contributed by atoms with E-state index in [9.17, 15) is 4.79 Å². The molecule has 22 heavy (non-hydrogen) atoms. The van der Waals surface area contributed by atoms with E-state index in [1.165, 1.54) is 3.57 Å². The Hall–Kier alpha value is -1.95. The van der Waals surface area contributed by atoms with Gasteiger partial charge in [-0.1, -0.05) is 18.2 Å². The number of pyridine rings is 1. The highest BCUT2D eigenvalue weighted by Crippen LogP contribution is 2.34. The Balaban J connectivity index is 1.88. The molecule has 0 saturated heterocycles. The Morgan fingerprint density at radius 1 is 1.18 bits per heavy atom. The van der Waals surface area contributed by atoms with Gasteiger partial charge >= 0.3 is 0 Å². The number of aryl methyl sites for hydroxylation is 1. The van der Waals surface area contributed by atoms with E-state index in [2.05, 4.69) is 39.7 Å². The van der Waals surface area contributed by atoms with Crippen LogP contribution in [0.25, 0.3) is 10.9 Å². The average Bonchev–Trinajstić information content (AvgIpc) is 2.83. The Morgan fingerprint density at radius 3 is 2.86 bits per heavy atom. The molecule has 1 aliphatic heterocycles. The van der Waals surface area contributed by atoms with Crippen molar-refractivity contribution in [2.75, 3.05) is 4.90 Å². The summed E-state index contributed by atoms with van der Waals surface area (Å²) < 4.78 is 1.17. The molecule has 4 heteroatoms. The molecule has 3 aromatic rings. The van der Waals surface area contributed by atoms with Crippen molar-refractivity contribution in [3.8, 4) is 0 Å². The zero-order valence-corrected chi connectivity index (χ0v) is 14.2. The number of carbonyl (C=O) groups is 1. The van der Waals surface area contributed by atoms with Gasteiger partial charge < -0.3 is 4.90 Å². The van der Waals surface area contributed by atoms with E-state index in [0.29, 0.717) is 6.54 Å². The van der Waals surface area contributed by atoms with Crippen molar-refractivity contribution in [2.24, 2.45) is 0 Å². The van der Waals surface area contributed by atoms with Gasteiger partial charge in [0.2, 0.25) is 0 Å². The second kappa shape index (κ2) is 5.05. The van der Waals surface area contributed by atoms with Crippen LogP contribution in [0.4, 0.5) is 5.69 Å². The van der Waals surface area contributed by atoms with Gasteiger partial charge in [0.25, 0.3) is 5.91 Å². The van der Waals surface area contributed by atoms with Crippen LogP contribution in [0.5, 0.6) is 0 Å². The van der Waals surface area contributed by atoms with E-state index in [4.69, 9.17) is 0 Å². The van der Waals surface area contributed by atoms with Gasteiger partial charge in [-0.05, 0) is 64.9 Å². The fourth-order valence-electron chi connectivity index (χ4n) is 3.12. The fraction of sp³-hybridized carbons (Fsp3) is 0.111. The summed E-state index contributed by atoms with van der Waals surface area (Å²) in [5.41, 5.74) is 4.74. The first-order valence-electron chi connectivity index (χ1n) is 7.10. The molecule has 2 aromatic carbocycles. The number of aromatic nitrogens is 1. The molecule has 3 nitrogen and oxygen atoms in total. The summed E-state index contributed by atoms with van der Waals surface area (Å²) >= 11 is 2.30. The van der Waals surface area contributed by atoms with Gasteiger partial charge in [0.05, 0.1) is 17.7 Å². The summed E-state index contributed by atoms with van der Waals surface area (Å²) in [5, 5.41) is 1.05. The number of nitrogens with zero attached hydrogens (tertiary/aromatic N) is 2. The number of carbonyl (C=O) groups excluding carboxylic acids is 1. The maximum atomic E-state index is 12.9. The smallest absolute Gasteiger partial charge is 0.259 e. The predicted octanol–water partition coefficient (Wildman–Crippen LogP) is 4.31. The predicted molar refractivity (Wildman–Crippen MR) is 96.2 cm³/mol. The number of halogens is 1. The summed E-state index contributed by atoms with van der Waals surface area (Å²) in [6.45, 7) is 2.62. The minimum absolute atomic E-state index is 0.0713. The molecule has 0 radical (unpaired) electrons. The third kappa shape index (κ3) is 2.01. The van der Waals surface area contributed by atoms with Crippen LogP contribution < -0.4 is 4.90 Å². The first-order chi connectivity index (χ1) is 10.6. The van der Waals surface area contributed by atoms with Gasteiger partial charge in [0.1, 0.15) is 0 Å². The molecule has 0 aliphatic carbocycles. The number of anilines is 1. The second-order valence-electron chi connectivity index (χ2n) is 5.50. The lowest BCUT2D eigenvalue weighted by Crippen LogP contribution is -2.23. The molecule has 1 aromatic heterocycles. The minimum Gasteiger partial charge on any atom is -0.302 e. The minimum atomic E-state index is 0.0713. The fourth-order valence-corrected chi connectivity index (χ4v) is 3.96. The third-order valence-corrected chi connectivity index (χ3v) is 4.69. The molecule has 0 bridgehead atoms. The summed E-state index contributed by atoms with van der Waals surface area (Å²) in [5.74, 6) is 0.0713. The summed E-state index contributed by atoms with van der Waals surface area (Å²) in [6, 6.07) is 14.1. The average molecular weight is 400 g/mol. The highest BCUT2D eigenvalue weighted by atomic mass is 127. The van der Waals surface area contributed by atoms with E-state index in [-0.39, 0.29) is 5.91 Å². The first-order valence-corrected chi connectivity index (χ1v) is 8.17. The summed E-state index contributed by atoms with van der Waals surface area (Å²) in [6.07, 6.45) is 1.77. The van der Waals surface area contributed by atoms with E-state index in [0.717, 1.165) is 33.3 Å². The van der Waals surface area contributed by atoms with Gasteiger partial charge in [-0.3, -0.25) is 9.78 Å². The van der Waals surface area contributed by atoms with Crippen LogP contribution in [-0.4, -0.2) is 10.9 Å². The van der Waals surface area contributed by atoms with Gasteiger partial charge in [0.15, 0.2) is 0 Å². The molecule has 1 aliphatic rings. The first kappa shape index (κ1) is 13.7. The van der Waals surface area contributed by atoms with E-state index in [1.807, 2.05) is 42.2 Å². The molecular weight excluding hydrogens is 387 g/mol. The van der Waals surface area contributed by atoms with E-state index >= 15 is 0 Å². The Morgan fingerprint density at radius 2 is 2.00 bits per heavy atom. The van der Waals surface area contributed by atoms with Crippen LogP contribution in [-0.2, 0) is 6.54 Å². The second-order valence-corrected chi connectivity index (χ2v) is 6.75. The van der Waals surface area contributed by atoms with Crippen molar-refractivity contribution >= 4 is 45.1 Å². The van der Waals surface area contributed by atoms with Crippen molar-refractivity contribution in [2.45, 2.75) is 13.5 Å². The summed E-state index contributed by atoms with van der Waals surface area (Å²) in [7, 11) is 0. The number of benzene rings is 2. The SMILES string of the molecule is Cc1cc(I)cc2c1C(=O)N(c1cccc3cccnc13)C2. The Kier molecular flexibility index (Phi) is 3.14. The van der Waals surface area contributed by atoms with Crippen molar-refractivity contribution in [1.82, 2.24) is 4.98 Å². The van der Waals surface area contributed by atoms with Crippen LogP contribution in [0.3, 0.4) is 0 Å². The molecular formula is C18H13IN2O. The monoisotopic (exact) mass is 400 g/mol. The molecule has 0 fully saturated rings. The lowest BCUT2D eigenvalue weighted by Gasteiger charge is -2.17. The van der Waals surface area contributed by atoms with Crippen molar-refractivity contribution in [1.29, 1.82) is 0 Å². The zero-order chi connectivity index (χ0) is 15.3. The number of rotatable bonds is 1. The zero-order valence-electron chi connectivity index (χ0n) is 12.0. The maximum Gasteiger partial charge on any atom is 0.259 e. The van der Waals surface area contributed by atoms with E-state index < -0.39 is 0 Å². The lowest BCUT2D eigenvalue weighted by atomic mass is 10.0. The normalized spacial score (nSPS) is 13.7. The molecule has 0 spiro atoms. The van der Waals surface area contributed by atoms with Gasteiger partial charge in [-0.25, -0.2) is 0 Å². The van der Waals surface area contributed by atoms with Crippen LogP contribution in [0.1, 0.15) is 21.5 Å². The van der Waals surface area contributed by atoms with E-state index in [1.54, 1.807) is 6.20 Å². The molecule has 0 saturated carbocycles. The van der Waals surface area contributed by atoms with Crippen molar-refractivity contribution in [3.63, 3.8) is 0 Å². The van der Waals surface area contributed by atoms with Crippen molar-refractivity contribution < 1.29 is 4.79 Å². The number of para-hydroxylation sites is 1. The third-order valence-electron chi connectivity index (χ3n) is 4.07. The van der Waals surface area contributed by atoms with Crippen LogP contribution in [0, 0.1) is 10.5 Å². The number of hydrogen-bond donors (Lipinski definition) is 0. The molecule has 4 rings (SSSR count). The highest BCUT2D eigenvalue weighted by Gasteiger charge is 2.31. The van der Waals surface area contributed by atoms with Gasteiger partial charge in [-0.15, -0.1) is 0 Å². The molecule has 2 heterocycles. The number of hydrogen-bond acceptors (Lipinski definition) is 2. The van der Waals surface area contributed by atoms with Gasteiger partial charge in [-0.2, -0.15) is 0 Å². The van der Waals surface area contributed by atoms with Crippen LogP contribution >= 0.6 is 22.6 Å². The molecule has 1 amide bonds. The quantitative estimate of drug-likeness (QED) is 0.571. The molecule has 0 atom stereocenters. The molecule has 108 valence electrons. The number of fused-ring (bicyclic) bond motifs is 2. The number of amides is 1. The molecule has 0 unspecified atom stereocenters. The lowest BCUT2D eigenvalue weighted by molar-refractivity contribution is 0.0996. The Bertz CT molecular complexity index is 915. The maximum absolute atomic E-state index is 12.9. The van der Waals surface area contributed by atoms with Crippen molar-refractivity contribution in [3.05, 3.63) is 68.9 Å².